The van der Waals surface area contributed by atoms with Gasteiger partial charge in [0.1, 0.15) is 11.9 Å². The Morgan fingerprint density at radius 3 is 2.41 bits per heavy atom. The number of halogens is 3. The molecule has 0 aliphatic rings. The van der Waals surface area contributed by atoms with Crippen LogP contribution in [0.25, 0.3) is 0 Å². The van der Waals surface area contributed by atoms with Gasteiger partial charge in [-0.2, -0.15) is 0 Å². The van der Waals surface area contributed by atoms with Gasteiger partial charge in [-0.3, -0.25) is 9.59 Å². The Morgan fingerprint density at radius 2 is 1.74 bits per heavy atom. The first-order chi connectivity index (χ1) is 16.4. The molecule has 0 aliphatic heterocycles. The summed E-state index contributed by atoms with van der Waals surface area (Å²) in [5.74, 6) is -1.16. The van der Waals surface area contributed by atoms with E-state index in [-0.39, 0.29) is 35.4 Å². The third-order valence-corrected chi connectivity index (χ3v) is 6.30. The zero-order valence-electron chi connectivity index (χ0n) is 18.9. The molecule has 0 bridgehead atoms. The van der Waals surface area contributed by atoms with Gasteiger partial charge in [-0.15, -0.1) is 0 Å². The Morgan fingerprint density at radius 1 is 1.03 bits per heavy atom. The van der Waals surface area contributed by atoms with Crippen LogP contribution in [0.2, 0.25) is 5.02 Å². The molecule has 1 N–H and O–H groups in total. The zero-order valence-corrected chi connectivity index (χ0v) is 21.3. The summed E-state index contributed by atoms with van der Waals surface area (Å²) in [6, 6.07) is 20.7. The minimum absolute atomic E-state index is 0.126. The van der Waals surface area contributed by atoms with Gasteiger partial charge in [-0.1, -0.05) is 83.0 Å². The number of rotatable bonds is 10. The molecule has 0 aliphatic carbocycles. The quantitative estimate of drug-likeness (QED) is 0.342. The zero-order chi connectivity index (χ0) is 24.5. The van der Waals surface area contributed by atoms with Crippen molar-refractivity contribution in [2.45, 2.75) is 38.8 Å². The maximum atomic E-state index is 14.5. The molecule has 0 fully saturated rings. The van der Waals surface area contributed by atoms with E-state index in [1.165, 1.54) is 17.0 Å². The van der Waals surface area contributed by atoms with E-state index in [0.717, 1.165) is 22.0 Å². The van der Waals surface area contributed by atoms with E-state index in [1.807, 2.05) is 61.5 Å². The van der Waals surface area contributed by atoms with Crippen LogP contribution < -0.4 is 5.32 Å². The predicted molar refractivity (Wildman–Crippen MR) is 137 cm³/mol. The lowest BCUT2D eigenvalue weighted by molar-refractivity contribution is -0.140. The van der Waals surface area contributed by atoms with Gasteiger partial charge in [-0.05, 0) is 41.8 Å². The van der Waals surface area contributed by atoms with E-state index < -0.39 is 11.9 Å². The topological polar surface area (TPSA) is 49.4 Å². The second kappa shape index (κ2) is 12.7. The summed E-state index contributed by atoms with van der Waals surface area (Å²) in [5, 5.41) is 3.12. The molecule has 1 unspecified atom stereocenters. The van der Waals surface area contributed by atoms with Crippen LogP contribution in [0.15, 0.2) is 77.3 Å². The summed E-state index contributed by atoms with van der Waals surface area (Å²) in [7, 11) is 0. The standard InChI is InChI=1S/C27H27BrClFN2O2/c1-2-14-31-27(34)25(16-19-8-4-3-5-9-19)32(18-20-10-6-11-21(28)15-20)26(33)17-22-23(29)12-7-13-24(22)30/h3-13,15,25H,2,14,16-18H2,1H3,(H,31,34). The first kappa shape index (κ1) is 25.9. The number of nitrogens with zero attached hydrogens (tertiary/aromatic N) is 1. The molecule has 0 radical (unpaired) electrons. The van der Waals surface area contributed by atoms with Gasteiger partial charge in [-0.25, -0.2) is 4.39 Å². The summed E-state index contributed by atoms with van der Waals surface area (Å²) in [4.78, 5) is 28.4. The molecule has 3 rings (SSSR count). The summed E-state index contributed by atoms with van der Waals surface area (Å²) in [5.41, 5.74) is 1.90. The number of benzene rings is 3. The van der Waals surface area contributed by atoms with E-state index >= 15 is 0 Å². The summed E-state index contributed by atoms with van der Waals surface area (Å²) >= 11 is 9.67. The predicted octanol–water partition coefficient (Wildman–Crippen LogP) is 5.95. The van der Waals surface area contributed by atoms with Crippen molar-refractivity contribution in [2.75, 3.05) is 6.54 Å². The normalized spacial score (nSPS) is 11.6. The van der Waals surface area contributed by atoms with E-state index in [2.05, 4.69) is 21.2 Å². The van der Waals surface area contributed by atoms with Gasteiger partial charge in [0.25, 0.3) is 0 Å². The lowest BCUT2D eigenvalue weighted by Crippen LogP contribution is -2.51. The molecule has 178 valence electrons. The third-order valence-electron chi connectivity index (χ3n) is 5.45. The van der Waals surface area contributed by atoms with Crippen molar-refractivity contribution < 1.29 is 14.0 Å². The van der Waals surface area contributed by atoms with E-state index in [1.54, 1.807) is 6.07 Å². The van der Waals surface area contributed by atoms with Crippen LogP contribution in [0.5, 0.6) is 0 Å². The van der Waals surface area contributed by atoms with Gasteiger partial charge in [0.2, 0.25) is 11.8 Å². The van der Waals surface area contributed by atoms with Gasteiger partial charge in [0.15, 0.2) is 0 Å². The van der Waals surface area contributed by atoms with Crippen molar-refractivity contribution in [2.24, 2.45) is 0 Å². The third kappa shape index (κ3) is 7.15. The van der Waals surface area contributed by atoms with Crippen molar-refractivity contribution >= 4 is 39.3 Å². The maximum Gasteiger partial charge on any atom is 0.243 e. The van der Waals surface area contributed by atoms with Crippen molar-refractivity contribution in [1.29, 1.82) is 0 Å². The largest absolute Gasteiger partial charge is 0.354 e. The fourth-order valence-electron chi connectivity index (χ4n) is 3.71. The molecule has 3 aromatic rings. The van der Waals surface area contributed by atoms with Gasteiger partial charge in [0, 0.05) is 34.6 Å². The van der Waals surface area contributed by atoms with Crippen molar-refractivity contribution in [3.05, 3.63) is 105 Å². The molecule has 1 atom stereocenters. The lowest BCUT2D eigenvalue weighted by atomic mass is 10.0. The second-order valence-electron chi connectivity index (χ2n) is 8.03. The van der Waals surface area contributed by atoms with Gasteiger partial charge >= 0.3 is 0 Å². The molecule has 0 saturated carbocycles. The van der Waals surface area contributed by atoms with E-state index in [9.17, 15) is 14.0 Å². The highest BCUT2D eigenvalue weighted by atomic mass is 79.9. The smallest absolute Gasteiger partial charge is 0.243 e. The summed E-state index contributed by atoms with van der Waals surface area (Å²) in [6.07, 6.45) is 0.862. The van der Waals surface area contributed by atoms with Crippen molar-refractivity contribution in [3.63, 3.8) is 0 Å². The molecule has 3 aromatic carbocycles. The first-order valence-electron chi connectivity index (χ1n) is 11.2. The average Bonchev–Trinajstić information content (AvgIpc) is 2.82. The Balaban J connectivity index is 1.99. The Labute approximate surface area is 213 Å². The Bertz CT molecular complexity index is 1110. The molecule has 34 heavy (non-hydrogen) atoms. The van der Waals surface area contributed by atoms with E-state index in [4.69, 9.17) is 11.6 Å². The van der Waals surface area contributed by atoms with Crippen LogP contribution in [-0.2, 0) is 29.0 Å². The molecule has 0 aromatic heterocycles. The fraction of sp³-hybridized carbons (Fsp3) is 0.259. The van der Waals surface area contributed by atoms with Crippen molar-refractivity contribution in [3.8, 4) is 0 Å². The highest BCUT2D eigenvalue weighted by molar-refractivity contribution is 9.10. The maximum absolute atomic E-state index is 14.5. The Kier molecular flexibility index (Phi) is 9.66. The second-order valence-corrected chi connectivity index (χ2v) is 9.35. The summed E-state index contributed by atoms with van der Waals surface area (Å²) < 4.78 is 15.4. The Hall–Kier alpha value is -2.70. The van der Waals surface area contributed by atoms with Crippen LogP contribution in [0.1, 0.15) is 30.0 Å². The van der Waals surface area contributed by atoms with Crippen LogP contribution in [-0.4, -0.2) is 29.3 Å². The molecule has 7 heteroatoms. The highest BCUT2D eigenvalue weighted by Gasteiger charge is 2.31. The monoisotopic (exact) mass is 544 g/mol. The molecular formula is C27H27BrClFN2O2. The molecular weight excluding hydrogens is 519 g/mol. The van der Waals surface area contributed by atoms with Crippen molar-refractivity contribution in [1.82, 2.24) is 10.2 Å². The number of nitrogens with one attached hydrogen (secondary N) is 1. The number of amides is 2. The molecule has 0 saturated heterocycles. The van der Waals surface area contributed by atoms with Crippen LogP contribution in [0.4, 0.5) is 4.39 Å². The van der Waals surface area contributed by atoms with Crippen LogP contribution in [0, 0.1) is 5.82 Å². The van der Waals surface area contributed by atoms with Gasteiger partial charge < -0.3 is 10.2 Å². The molecule has 0 spiro atoms. The van der Waals surface area contributed by atoms with E-state index in [0.29, 0.717) is 13.0 Å². The first-order valence-corrected chi connectivity index (χ1v) is 12.3. The summed E-state index contributed by atoms with van der Waals surface area (Å²) in [6.45, 7) is 2.67. The lowest BCUT2D eigenvalue weighted by Gasteiger charge is -2.32. The molecule has 0 heterocycles. The average molecular weight is 546 g/mol. The molecule has 4 nitrogen and oxygen atoms in total. The highest BCUT2D eigenvalue weighted by Crippen LogP contribution is 2.23. The van der Waals surface area contributed by atoms with Crippen LogP contribution >= 0.6 is 27.5 Å². The number of hydrogen-bond donors (Lipinski definition) is 1. The molecule has 2 amide bonds. The minimum Gasteiger partial charge on any atom is -0.354 e. The van der Waals surface area contributed by atoms with Gasteiger partial charge in [0.05, 0.1) is 6.42 Å². The number of carbonyl (C=O) groups is 2. The SMILES string of the molecule is CCCNC(=O)C(Cc1ccccc1)N(Cc1cccc(Br)c1)C(=O)Cc1c(F)cccc1Cl. The fourth-order valence-corrected chi connectivity index (χ4v) is 4.38. The van der Waals surface area contributed by atoms with Crippen LogP contribution in [0.3, 0.4) is 0 Å². The minimum atomic E-state index is -0.772. The number of hydrogen-bond acceptors (Lipinski definition) is 2. The number of carbonyl (C=O) groups excluding carboxylic acids is 2.